The number of hydrogen-bond donors (Lipinski definition) is 1. The molecule has 1 amide bonds. The van der Waals surface area contributed by atoms with Gasteiger partial charge in [0.25, 0.3) is 5.91 Å². The molecular formula is C24H23Cl2N3O3S. The fraction of sp³-hybridized carbons (Fsp3) is 0.292. The van der Waals surface area contributed by atoms with Gasteiger partial charge in [-0.1, -0.05) is 37.6 Å². The van der Waals surface area contributed by atoms with Gasteiger partial charge in [0.2, 0.25) is 0 Å². The van der Waals surface area contributed by atoms with E-state index in [9.17, 15) is 10.1 Å². The molecule has 0 saturated heterocycles. The van der Waals surface area contributed by atoms with Crippen LogP contribution >= 0.6 is 34.5 Å². The van der Waals surface area contributed by atoms with Crippen LogP contribution in [-0.2, 0) is 12.0 Å². The molecule has 0 radical (unpaired) electrons. The van der Waals surface area contributed by atoms with Gasteiger partial charge in [0.15, 0.2) is 5.75 Å². The van der Waals surface area contributed by atoms with E-state index in [4.69, 9.17) is 32.7 Å². The van der Waals surface area contributed by atoms with Crippen molar-refractivity contribution in [1.82, 2.24) is 10.3 Å². The predicted molar refractivity (Wildman–Crippen MR) is 131 cm³/mol. The van der Waals surface area contributed by atoms with Crippen molar-refractivity contribution in [2.45, 2.75) is 25.9 Å². The number of aromatic nitrogens is 1. The number of halogens is 2. The van der Waals surface area contributed by atoms with Crippen LogP contribution in [0.2, 0.25) is 5.02 Å². The van der Waals surface area contributed by atoms with Gasteiger partial charge in [0, 0.05) is 17.8 Å². The second-order valence-corrected chi connectivity index (χ2v) is 9.36. The smallest absolute Gasteiger partial charge is 0.270 e. The monoisotopic (exact) mass is 503 g/mol. The Morgan fingerprint density at radius 2 is 1.94 bits per heavy atom. The third-order valence-electron chi connectivity index (χ3n) is 5.16. The first kappa shape index (κ1) is 24.8. The van der Waals surface area contributed by atoms with Crippen LogP contribution in [0.15, 0.2) is 41.8 Å². The SMILES string of the molecule is CNC(=O)c1csc(COc2ccc(C(C)(C)c3cc(Cl)c(OCCCl)c(C#N)c3)cc2)n1. The fourth-order valence-electron chi connectivity index (χ4n) is 3.21. The number of rotatable bonds is 9. The van der Waals surface area contributed by atoms with Gasteiger partial charge >= 0.3 is 0 Å². The molecule has 1 N–H and O–H groups in total. The summed E-state index contributed by atoms with van der Waals surface area (Å²) in [7, 11) is 1.57. The Labute approximate surface area is 207 Å². The van der Waals surface area contributed by atoms with Gasteiger partial charge in [-0.15, -0.1) is 22.9 Å². The second-order valence-electron chi connectivity index (χ2n) is 7.63. The van der Waals surface area contributed by atoms with Crippen LogP contribution in [0.25, 0.3) is 0 Å². The summed E-state index contributed by atoms with van der Waals surface area (Å²) in [5.41, 5.74) is 2.25. The average Bonchev–Trinajstić information content (AvgIpc) is 3.30. The molecule has 1 aromatic heterocycles. The number of ether oxygens (including phenoxy) is 2. The maximum atomic E-state index is 11.6. The highest BCUT2D eigenvalue weighted by Gasteiger charge is 2.26. The lowest BCUT2D eigenvalue weighted by Crippen LogP contribution is -2.19. The highest BCUT2D eigenvalue weighted by molar-refractivity contribution is 7.09. The van der Waals surface area contributed by atoms with E-state index in [1.54, 1.807) is 18.5 Å². The number of carbonyl (C=O) groups excluding carboxylic acids is 1. The summed E-state index contributed by atoms with van der Waals surface area (Å²) >= 11 is 13.5. The molecule has 0 aliphatic carbocycles. The zero-order valence-corrected chi connectivity index (χ0v) is 20.8. The van der Waals surface area contributed by atoms with E-state index in [0.29, 0.717) is 38.7 Å². The minimum atomic E-state index is -0.420. The van der Waals surface area contributed by atoms with Crippen LogP contribution in [0.1, 0.15) is 46.0 Å². The zero-order valence-electron chi connectivity index (χ0n) is 18.4. The molecule has 1 heterocycles. The van der Waals surface area contributed by atoms with Crippen molar-refractivity contribution in [3.8, 4) is 17.6 Å². The maximum Gasteiger partial charge on any atom is 0.270 e. The molecule has 0 spiro atoms. The summed E-state index contributed by atoms with van der Waals surface area (Å²) < 4.78 is 11.4. The lowest BCUT2D eigenvalue weighted by Gasteiger charge is -2.27. The molecule has 0 atom stereocenters. The minimum absolute atomic E-state index is 0.220. The number of hydrogen-bond acceptors (Lipinski definition) is 6. The van der Waals surface area contributed by atoms with Crippen LogP contribution in [0.5, 0.6) is 11.5 Å². The Morgan fingerprint density at radius 3 is 2.58 bits per heavy atom. The number of benzene rings is 2. The molecule has 0 saturated carbocycles. The molecule has 9 heteroatoms. The number of alkyl halides is 1. The van der Waals surface area contributed by atoms with Crippen LogP contribution in [0.3, 0.4) is 0 Å². The van der Waals surface area contributed by atoms with E-state index in [1.165, 1.54) is 11.3 Å². The van der Waals surface area contributed by atoms with E-state index in [0.717, 1.165) is 11.1 Å². The van der Waals surface area contributed by atoms with Crippen LogP contribution in [0, 0.1) is 11.3 Å². The molecule has 0 aliphatic heterocycles. The molecule has 3 rings (SSSR count). The number of nitrogens with one attached hydrogen (secondary N) is 1. The van der Waals surface area contributed by atoms with Crippen molar-refractivity contribution in [1.29, 1.82) is 5.26 Å². The Hall–Kier alpha value is -2.79. The highest BCUT2D eigenvalue weighted by Crippen LogP contribution is 2.38. The molecule has 172 valence electrons. The largest absolute Gasteiger partial charge is 0.489 e. The summed E-state index contributed by atoms with van der Waals surface area (Å²) in [5.74, 6) is 1.12. The zero-order chi connectivity index (χ0) is 24.0. The number of carbonyl (C=O) groups is 1. The summed E-state index contributed by atoms with van der Waals surface area (Å²) in [5, 5.41) is 14.9. The molecule has 33 heavy (non-hydrogen) atoms. The van der Waals surface area contributed by atoms with Crippen LogP contribution in [0.4, 0.5) is 0 Å². The Balaban J connectivity index is 1.75. The highest BCUT2D eigenvalue weighted by atomic mass is 35.5. The van der Waals surface area contributed by atoms with Crippen molar-refractivity contribution >= 4 is 40.4 Å². The van der Waals surface area contributed by atoms with E-state index in [1.807, 2.05) is 30.3 Å². The molecular weight excluding hydrogens is 481 g/mol. The third kappa shape index (κ3) is 5.77. The van der Waals surface area contributed by atoms with Crippen molar-refractivity contribution < 1.29 is 14.3 Å². The lowest BCUT2D eigenvalue weighted by atomic mass is 9.77. The van der Waals surface area contributed by atoms with Crippen LogP contribution in [-0.4, -0.2) is 30.4 Å². The van der Waals surface area contributed by atoms with Gasteiger partial charge in [-0.05, 0) is 35.4 Å². The number of nitrogens with zero attached hydrogens (tertiary/aromatic N) is 2. The molecule has 0 bridgehead atoms. The maximum absolute atomic E-state index is 11.6. The summed E-state index contributed by atoms with van der Waals surface area (Å²) in [6.45, 7) is 4.67. The number of amides is 1. The standard InChI is InChI=1S/C24H23Cl2N3O3S/c1-24(2,17-10-15(12-27)22(19(26)11-17)31-9-8-25)16-4-6-18(7-5-16)32-13-21-29-20(14-33-21)23(30)28-3/h4-7,10-11,14H,8-9,13H2,1-3H3,(H,28,30). The predicted octanol–water partition coefficient (Wildman–Crippen LogP) is 5.55. The summed E-state index contributed by atoms with van der Waals surface area (Å²) in [4.78, 5) is 15.9. The van der Waals surface area contributed by atoms with E-state index in [-0.39, 0.29) is 19.1 Å². The average molecular weight is 504 g/mol. The normalized spacial score (nSPS) is 11.0. The Morgan fingerprint density at radius 1 is 1.21 bits per heavy atom. The van der Waals surface area contributed by atoms with E-state index < -0.39 is 5.41 Å². The topological polar surface area (TPSA) is 84.2 Å². The molecule has 0 aliphatic rings. The van der Waals surface area contributed by atoms with Crippen molar-refractivity contribution in [3.63, 3.8) is 0 Å². The Bertz CT molecular complexity index is 1170. The quantitative estimate of drug-likeness (QED) is 0.387. The van der Waals surface area contributed by atoms with Gasteiger partial charge in [-0.3, -0.25) is 4.79 Å². The lowest BCUT2D eigenvalue weighted by molar-refractivity contribution is 0.0958. The second kappa shape index (κ2) is 10.9. The minimum Gasteiger partial charge on any atom is -0.489 e. The van der Waals surface area contributed by atoms with Crippen molar-refractivity contribution in [2.24, 2.45) is 0 Å². The molecule has 0 unspecified atom stereocenters. The van der Waals surface area contributed by atoms with Gasteiger partial charge < -0.3 is 14.8 Å². The van der Waals surface area contributed by atoms with E-state index >= 15 is 0 Å². The first-order valence-corrected chi connectivity index (χ1v) is 11.9. The molecule has 3 aromatic rings. The van der Waals surface area contributed by atoms with Gasteiger partial charge in [0.1, 0.15) is 35.7 Å². The van der Waals surface area contributed by atoms with Crippen LogP contribution < -0.4 is 14.8 Å². The summed E-state index contributed by atoms with van der Waals surface area (Å²) in [6.07, 6.45) is 0. The number of nitriles is 1. The fourth-order valence-corrected chi connectivity index (χ4v) is 4.25. The first-order valence-electron chi connectivity index (χ1n) is 10.1. The third-order valence-corrected chi connectivity index (χ3v) is 6.42. The molecule has 6 nitrogen and oxygen atoms in total. The first-order chi connectivity index (χ1) is 15.8. The summed E-state index contributed by atoms with van der Waals surface area (Å²) in [6, 6.07) is 13.5. The van der Waals surface area contributed by atoms with Crippen molar-refractivity contribution in [2.75, 3.05) is 19.5 Å². The van der Waals surface area contributed by atoms with Gasteiger partial charge in [-0.2, -0.15) is 5.26 Å². The van der Waals surface area contributed by atoms with E-state index in [2.05, 4.69) is 30.2 Å². The molecule has 0 fully saturated rings. The Kier molecular flexibility index (Phi) is 8.20. The van der Waals surface area contributed by atoms with Gasteiger partial charge in [0.05, 0.1) is 16.5 Å². The van der Waals surface area contributed by atoms with Crippen molar-refractivity contribution in [3.05, 3.63) is 74.2 Å². The van der Waals surface area contributed by atoms with Gasteiger partial charge in [-0.25, -0.2) is 4.98 Å². The number of thiazole rings is 1. The molecule has 2 aromatic carbocycles.